The highest BCUT2D eigenvalue weighted by Crippen LogP contribution is 2.31. The first-order valence-electron chi connectivity index (χ1n) is 10.6. The molecule has 5 nitrogen and oxygen atoms in total. The molecule has 0 bridgehead atoms. The lowest BCUT2D eigenvalue weighted by Crippen LogP contribution is -2.41. The summed E-state index contributed by atoms with van der Waals surface area (Å²) in [5, 5.41) is 4.63. The van der Waals surface area contributed by atoms with Crippen molar-refractivity contribution in [2.45, 2.75) is 46.6 Å². The molecule has 2 aromatic heterocycles. The normalized spacial score (nSPS) is 16.8. The number of benzene rings is 1. The second-order valence-electron chi connectivity index (χ2n) is 8.55. The van der Waals surface area contributed by atoms with Crippen molar-refractivity contribution in [3.8, 4) is 0 Å². The summed E-state index contributed by atoms with van der Waals surface area (Å²) in [6.07, 6.45) is 2.32. The molecule has 1 N–H and O–H groups in total. The van der Waals surface area contributed by atoms with Crippen molar-refractivity contribution in [3.05, 3.63) is 57.7 Å². The van der Waals surface area contributed by atoms with Crippen LogP contribution in [0.2, 0.25) is 5.02 Å². The molecule has 0 saturated carbocycles. The van der Waals surface area contributed by atoms with E-state index in [0.29, 0.717) is 22.9 Å². The number of nitrogens with one attached hydrogen (secondary N) is 1. The summed E-state index contributed by atoms with van der Waals surface area (Å²) in [5.41, 5.74) is 2.42. The van der Waals surface area contributed by atoms with E-state index in [-0.39, 0.29) is 11.9 Å². The second kappa shape index (κ2) is 8.48. The van der Waals surface area contributed by atoms with E-state index in [4.69, 9.17) is 20.4 Å². The van der Waals surface area contributed by atoms with E-state index in [1.54, 1.807) is 0 Å². The SMILES string of the molecule is Cc1ccc(C(CNC(=O)c2oc3cc(C)c(Cl)cc3c2C)N2CCC(C)CC2)o1. The molecule has 1 aromatic carbocycles. The zero-order valence-electron chi connectivity index (χ0n) is 18.0. The van der Waals surface area contributed by atoms with Crippen LogP contribution in [-0.2, 0) is 0 Å². The first-order valence-corrected chi connectivity index (χ1v) is 11.0. The minimum absolute atomic E-state index is 0.0107. The van der Waals surface area contributed by atoms with Crippen LogP contribution in [0, 0.1) is 26.7 Å². The van der Waals surface area contributed by atoms with Gasteiger partial charge in [0.25, 0.3) is 5.91 Å². The van der Waals surface area contributed by atoms with Gasteiger partial charge in [0, 0.05) is 22.5 Å². The zero-order chi connectivity index (χ0) is 21.4. The highest BCUT2D eigenvalue weighted by Gasteiger charge is 2.28. The summed E-state index contributed by atoms with van der Waals surface area (Å²) in [6, 6.07) is 7.75. The number of piperidine rings is 1. The van der Waals surface area contributed by atoms with Crippen molar-refractivity contribution >= 4 is 28.5 Å². The van der Waals surface area contributed by atoms with Crippen molar-refractivity contribution in [2.24, 2.45) is 5.92 Å². The quantitative estimate of drug-likeness (QED) is 0.557. The van der Waals surface area contributed by atoms with Gasteiger partial charge in [0.15, 0.2) is 5.76 Å². The molecule has 0 aliphatic carbocycles. The zero-order valence-corrected chi connectivity index (χ0v) is 18.8. The maximum Gasteiger partial charge on any atom is 0.287 e. The Hall–Kier alpha value is -2.24. The molecular formula is C24H29ClN2O3. The number of aryl methyl sites for hydroxylation is 3. The number of carbonyl (C=O) groups is 1. The lowest BCUT2D eigenvalue weighted by Gasteiger charge is -2.35. The molecular weight excluding hydrogens is 400 g/mol. The Bertz CT molecular complexity index is 1060. The monoisotopic (exact) mass is 428 g/mol. The van der Waals surface area contributed by atoms with Gasteiger partial charge in [-0.2, -0.15) is 0 Å². The number of fused-ring (bicyclic) bond motifs is 1. The standard InChI is InChI=1S/C24H29ClN2O3/c1-14-7-9-27(10-8-14)20(21-6-5-16(3)29-21)13-26-24(28)23-17(4)18-12-19(25)15(2)11-22(18)30-23/h5-6,11-12,14,20H,7-10,13H2,1-4H3,(H,26,28). The fourth-order valence-electron chi connectivity index (χ4n) is 4.21. The van der Waals surface area contributed by atoms with Gasteiger partial charge in [-0.05, 0) is 82.4 Å². The molecule has 30 heavy (non-hydrogen) atoms. The Morgan fingerprint density at radius 2 is 1.93 bits per heavy atom. The van der Waals surface area contributed by atoms with Crippen LogP contribution in [0.15, 0.2) is 33.1 Å². The molecule has 1 aliphatic heterocycles. The van der Waals surface area contributed by atoms with E-state index in [0.717, 1.165) is 59.9 Å². The minimum Gasteiger partial charge on any atom is -0.465 e. The van der Waals surface area contributed by atoms with Gasteiger partial charge in [-0.25, -0.2) is 0 Å². The Morgan fingerprint density at radius 1 is 1.20 bits per heavy atom. The van der Waals surface area contributed by atoms with Crippen LogP contribution in [0.25, 0.3) is 11.0 Å². The van der Waals surface area contributed by atoms with E-state index in [9.17, 15) is 4.79 Å². The van der Waals surface area contributed by atoms with Gasteiger partial charge in [-0.3, -0.25) is 9.69 Å². The Labute approximate surface area is 182 Å². The molecule has 0 radical (unpaired) electrons. The molecule has 160 valence electrons. The van der Waals surface area contributed by atoms with Crippen LogP contribution in [0.3, 0.4) is 0 Å². The number of halogens is 1. The maximum atomic E-state index is 13.0. The van der Waals surface area contributed by atoms with Gasteiger partial charge in [0.2, 0.25) is 0 Å². The summed E-state index contributed by atoms with van der Waals surface area (Å²) < 4.78 is 11.8. The Morgan fingerprint density at radius 3 is 2.60 bits per heavy atom. The topological polar surface area (TPSA) is 58.6 Å². The Kier molecular flexibility index (Phi) is 5.94. The molecule has 1 amide bonds. The van der Waals surface area contributed by atoms with E-state index >= 15 is 0 Å². The third kappa shape index (κ3) is 4.14. The molecule has 1 aliphatic rings. The third-order valence-electron chi connectivity index (χ3n) is 6.23. The van der Waals surface area contributed by atoms with Crippen molar-refractivity contribution < 1.29 is 13.6 Å². The van der Waals surface area contributed by atoms with Crippen LogP contribution >= 0.6 is 11.6 Å². The second-order valence-corrected chi connectivity index (χ2v) is 8.95. The van der Waals surface area contributed by atoms with Crippen molar-refractivity contribution in [3.63, 3.8) is 0 Å². The third-order valence-corrected chi connectivity index (χ3v) is 6.64. The van der Waals surface area contributed by atoms with Crippen LogP contribution < -0.4 is 5.32 Å². The summed E-state index contributed by atoms with van der Waals surface area (Å²) in [6.45, 7) is 10.5. The minimum atomic E-state index is -0.212. The number of carbonyl (C=O) groups excluding carboxylic acids is 1. The summed E-state index contributed by atoms with van der Waals surface area (Å²) in [5.74, 6) is 2.64. The van der Waals surface area contributed by atoms with Crippen LogP contribution in [0.1, 0.15) is 59.0 Å². The molecule has 0 spiro atoms. The fourth-order valence-corrected chi connectivity index (χ4v) is 4.37. The van der Waals surface area contributed by atoms with Gasteiger partial charge in [-0.15, -0.1) is 0 Å². The van der Waals surface area contributed by atoms with E-state index < -0.39 is 0 Å². The van der Waals surface area contributed by atoms with Gasteiger partial charge >= 0.3 is 0 Å². The molecule has 6 heteroatoms. The lowest BCUT2D eigenvalue weighted by molar-refractivity contribution is 0.0871. The van der Waals surface area contributed by atoms with E-state index in [1.165, 1.54) is 0 Å². The predicted molar refractivity (Wildman–Crippen MR) is 119 cm³/mol. The molecule has 1 saturated heterocycles. The summed E-state index contributed by atoms with van der Waals surface area (Å²) in [7, 11) is 0. The average Bonchev–Trinajstić information content (AvgIpc) is 3.27. The first-order chi connectivity index (χ1) is 14.3. The summed E-state index contributed by atoms with van der Waals surface area (Å²) in [4.78, 5) is 15.4. The highest BCUT2D eigenvalue weighted by atomic mass is 35.5. The fraction of sp³-hybridized carbons (Fsp3) is 0.458. The number of amides is 1. The van der Waals surface area contributed by atoms with Crippen molar-refractivity contribution in [1.29, 1.82) is 0 Å². The number of furan rings is 2. The molecule has 3 heterocycles. The van der Waals surface area contributed by atoms with Crippen LogP contribution in [-0.4, -0.2) is 30.4 Å². The first kappa shape index (κ1) is 21.0. The number of likely N-dealkylation sites (tertiary alicyclic amines) is 1. The van der Waals surface area contributed by atoms with Crippen LogP contribution in [0.4, 0.5) is 0 Å². The van der Waals surface area contributed by atoms with Gasteiger partial charge in [0.05, 0.1) is 6.04 Å². The molecule has 1 atom stereocenters. The lowest BCUT2D eigenvalue weighted by atomic mass is 9.97. The van der Waals surface area contributed by atoms with E-state index in [1.807, 2.05) is 45.0 Å². The summed E-state index contributed by atoms with van der Waals surface area (Å²) >= 11 is 6.26. The predicted octanol–water partition coefficient (Wildman–Crippen LogP) is 5.81. The molecule has 4 rings (SSSR count). The smallest absolute Gasteiger partial charge is 0.287 e. The average molecular weight is 429 g/mol. The van der Waals surface area contributed by atoms with Crippen molar-refractivity contribution in [2.75, 3.05) is 19.6 Å². The molecule has 1 unspecified atom stereocenters. The number of nitrogens with zero attached hydrogens (tertiary/aromatic N) is 1. The Balaban J connectivity index is 1.54. The largest absolute Gasteiger partial charge is 0.465 e. The maximum absolute atomic E-state index is 13.0. The number of hydrogen-bond donors (Lipinski definition) is 1. The highest BCUT2D eigenvalue weighted by molar-refractivity contribution is 6.32. The van der Waals surface area contributed by atoms with Gasteiger partial charge < -0.3 is 14.2 Å². The van der Waals surface area contributed by atoms with E-state index in [2.05, 4.69) is 17.1 Å². The number of hydrogen-bond acceptors (Lipinski definition) is 4. The number of rotatable bonds is 5. The molecule has 1 fully saturated rings. The van der Waals surface area contributed by atoms with Gasteiger partial charge in [-0.1, -0.05) is 18.5 Å². The van der Waals surface area contributed by atoms with Crippen LogP contribution in [0.5, 0.6) is 0 Å². The molecule has 3 aromatic rings. The van der Waals surface area contributed by atoms with Gasteiger partial charge in [0.1, 0.15) is 17.1 Å². The van der Waals surface area contributed by atoms with Crippen molar-refractivity contribution in [1.82, 2.24) is 10.2 Å².